The molecule has 0 unspecified atom stereocenters. The highest BCUT2D eigenvalue weighted by Crippen LogP contribution is 2.35. The fourth-order valence-corrected chi connectivity index (χ4v) is 5.38. The number of amides is 2. The number of nitrogens with zero attached hydrogens (tertiary/aromatic N) is 3. The first-order valence-electron chi connectivity index (χ1n) is 15.5. The largest absolute Gasteiger partial charge is 0.478 e. The number of ether oxygens (including phenoxy) is 3. The van der Waals surface area contributed by atoms with E-state index < -0.39 is 11.7 Å². The van der Waals surface area contributed by atoms with Crippen LogP contribution in [-0.2, 0) is 20.8 Å². The minimum absolute atomic E-state index is 0.0610. The van der Waals surface area contributed by atoms with E-state index in [2.05, 4.69) is 30.3 Å². The minimum Gasteiger partial charge on any atom is -0.478 e. The van der Waals surface area contributed by atoms with Gasteiger partial charge in [-0.15, -0.1) is 0 Å². The molecule has 3 aromatic rings. The van der Waals surface area contributed by atoms with Crippen molar-refractivity contribution < 1.29 is 23.8 Å². The molecule has 2 heterocycles. The van der Waals surface area contributed by atoms with E-state index >= 15 is 0 Å². The average Bonchev–Trinajstić information content (AvgIpc) is 3.87. The molecule has 8 heteroatoms. The molecule has 5 rings (SSSR count). The van der Waals surface area contributed by atoms with Crippen molar-refractivity contribution >= 4 is 17.6 Å². The molecule has 0 bridgehead atoms. The molecule has 0 radical (unpaired) electrons. The lowest BCUT2D eigenvalue weighted by Crippen LogP contribution is -2.44. The van der Waals surface area contributed by atoms with E-state index in [1.807, 2.05) is 68.1 Å². The van der Waals surface area contributed by atoms with E-state index in [0.29, 0.717) is 44.2 Å². The lowest BCUT2D eigenvalue weighted by molar-refractivity contribution is -0.128. The maximum Gasteiger partial charge on any atom is 0.410 e. The van der Waals surface area contributed by atoms with Gasteiger partial charge in [-0.25, -0.2) is 9.78 Å². The van der Waals surface area contributed by atoms with Gasteiger partial charge in [-0.1, -0.05) is 54.6 Å². The van der Waals surface area contributed by atoms with Gasteiger partial charge in [0.15, 0.2) is 0 Å². The fraction of sp³-hybridized carbons (Fsp3) is 0.417. The van der Waals surface area contributed by atoms with Crippen molar-refractivity contribution in [2.75, 3.05) is 33.4 Å². The Balaban J connectivity index is 1.46. The van der Waals surface area contributed by atoms with Crippen molar-refractivity contribution in [3.8, 4) is 17.0 Å². The summed E-state index contributed by atoms with van der Waals surface area (Å²) in [5, 5.41) is 0. The van der Waals surface area contributed by atoms with Gasteiger partial charge in [-0.2, -0.15) is 0 Å². The summed E-state index contributed by atoms with van der Waals surface area (Å²) < 4.78 is 16.6. The molecular formula is C36H43N3O5. The molecule has 1 fully saturated rings. The van der Waals surface area contributed by atoms with Crippen LogP contribution in [0, 0.1) is 0 Å². The third kappa shape index (κ3) is 8.26. The predicted octanol–water partition coefficient (Wildman–Crippen LogP) is 6.75. The highest BCUT2D eigenvalue weighted by atomic mass is 16.6. The van der Waals surface area contributed by atoms with E-state index in [1.165, 1.54) is 0 Å². The highest BCUT2D eigenvalue weighted by molar-refractivity contribution is 6.03. The minimum atomic E-state index is -0.627. The summed E-state index contributed by atoms with van der Waals surface area (Å²) in [6.07, 6.45) is 2.81. The van der Waals surface area contributed by atoms with E-state index in [9.17, 15) is 9.59 Å². The molecule has 0 atom stereocenters. The number of carbonyl (C=O) groups is 2. The number of aromatic nitrogens is 1. The fourth-order valence-electron chi connectivity index (χ4n) is 5.38. The third-order valence-electron chi connectivity index (χ3n) is 7.68. The van der Waals surface area contributed by atoms with Crippen LogP contribution in [0.25, 0.3) is 16.7 Å². The van der Waals surface area contributed by atoms with E-state index in [4.69, 9.17) is 19.2 Å². The molecule has 44 heavy (non-hydrogen) atoms. The van der Waals surface area contributed by atoms with Crippen LogP contribution in [0.15, 0.2) is 78.4 Å². The van der Waals surface area contributed by atoms with Crippen molar-refractivity contribution in [1.29, 1.82) is 0 Å². The maximum absolute atomic E-state index is 14.5. The Morgan fingerprint density at radius 2 is 1.66 bits per heavy atom. The van der Waals surface area contributed by atoms with Crippen LogP contribution in [0.5, 0.6) is 5.88 Å². The smallest absolute Gasteiger partial charge is 0.410 e. The van der Waals surface area contributed by atoms with Gasteiger partial charge in [0.2, 0.25) is 5.88 Å². The van der Waals surface area contributed by atoms with Gasteiger partial charge in [-0.05, 0) is 74.4 Å². The Morgan fingerprint density at radius 3 is 2.39 bits per heavy atom. The molecule has 232 valence electrons. The van der Waals surface area contributed by atoms with Gasteiger partial charge >= 0.3 is 6.09 Å². The number of benzene rings is 2. The molecule has 1 aliphatic heterocycles. The second kappa shape index (κ2) is 14.1. The van der Waals surface area contributed by atoms with E-state index in [0.717, 1.165) is 47.2 Å². The zero-order valence-electron chi connectivity index (χ0n) is 26.3. The molecular weight excluding hydrogens is 554 g/mol. The molecule has 8 nitrogen and oxygen atoms in total. The molecule has 0 saturated heterocycles. The lowest BCUT2D eigenvalue weighted by atomic mass is 9.90. The molecule has 1 aliphatic carbocycles. The zero-order valence-corrected chi connectivity index (χ0v) is 26.3. The van der Waals surface area contributed by atoms with E-state index in [1.54, 1.807) is 12.0 Å². The van der Waals surface area contributed by atoms with Crippen LogP contribution in [-0.4, -0.2) is 71.8 Å². The summed E-state index contributed by atoms with van der Waals surface area (Å²) in [5.74, 6) is 0.474. The van der Waals surface area contributed by atoms with Crippen molar-refractivity contribution in [1.82, 2.24) is 14.8 Å². The molecule has 2 aromatic carbocycles. The van der Waals surface area contributed by atoms with Crippen molar-refractivity contribution in [3.05, 3.63) is 89.6 Å². The van der Waals surface area contributed by atoms with Gasteiger partial charge < -0.3 is 24.0 Å². The molecule has 0 spiro atoms. The van der Waals surface area contributed by atoms with Crippen LogP contribution in [0.3, 0.4) is 0 Å². The van der Waals surface area contributed by atoms with Gasteiger partial charge in [0.05, 0.1) is 25.4 Å². The standard InChI is InChI=1S/C36H43N3O5/c1-36(2,3)44-35(41)38-20-19-31(28-14-8-13-27(23-28)26-11-6-5-7-12-26)32(25-38)34(40)39(30-17-18-30)24-29-15-9-16-33(37-29)43-22-10-21-42-4/h5-9,11-16,23,30H,10,17-22,24-25H2,1-4H3. The summed E-state index contributed by atoms with van der Waals surface area (Å²) in [4.78, 5) is 36.0. The number of methoxy groups -OCH3 is 1. The first-order chi connectivity index (χ1) is 21.2. The second-order valence-electron chi connectivity index (χ2n) is 12.4. The van der Waals surface area contributed by atoms with Crippen LogP contribution >= 0.6 is 0 Å². The van der Waals surface area contributed by atoms with Crippen molar-refractivity contribution in [3.63, 3.8) is 0 Å². The molecule has 2 aliphatic rings. The normalized spacial score (nSPS) is 15.2. The van der Waals surface area contributed by atoms with Crippen LogP contribution in [0.2, 0.25) is 0 Å². The lowest BCUT2D eigenvalue weighted by Gasteiger charge is -2.34. The van der Waals surface area contributed by atoms with Crippen LogP contribution in [0.1, 0.15) is 57.7 Å². The average molecular weight is 598 g/mol. The van der Waals surface area contributed by atoms with Crippen LogP contribution in [0.4, 0.5) is 4.79 Å². The second-order valence-corrected chi connectivity index (χ2v) is 12.4. The Bertz CT molecular complexity index is 1480. The number of hydrogen-bond donors (Lipinski definition) is 0. The topological polar surface area (TPSA) is 81.2 Å². The summed E-state index contributed by atoms with van der Waals surface area (Å²) in [6, 6.07) is 24.4. The summed E-state index contributed by atoms with van der Waals surface area (Å²) in [5.41, 5.74) is 4.94. The highest BCUT2D eigenvalue weighted by Gasteiger charge is 2.38. The van der Waals surface area contributed by atoms with E-state index in [-0.39, 0.29) is 18.5 Å². The van der Waals surface area contributed by atoms with Gasteiger partial charge in [0.1, 0.15) is 5.60 Å². The quantitative estimate of drug-likeness (QED) is 0.228. The summed E-state index contributed by atoms with van der Waals surface area (Å²) >= 11 is 0. The first-order valence-corrected chi connectivity index (χ1v) is 15.5. The number of hydrogen-bond acceptors (Lipinski definition) is 6. The number of rotatable bonds is 11. The Hall–Kier alpha value is -4.17. The predicted molar refractivity (Wildman–Crippen MR) is 171 cm³/mol. The Labute approximate surface area is 260 Å². The van der Waals surface area contributed by atoms with Gasteiger partial charge in [0, 0.05) is 44.4 Å². The molecule has 1 saturated carbocycles. The molecule has 0 N–H and O–H groups in total. The Kier molecular flexibility index (Phi) is 10.0. The van der Waals surface area contributed by atoms with Crippen molar-refractivity contribution in [2.45, 2.75) is 64.6 Å². The summed E-state index contributed by atoms with van der Waals surface area (Å²) in [6.45, 7) is 7.73. The van der Waals surface area contributed by atoms with Gasteiger partial charge in [-0.3, -0.25) is 4.79 Å². The zero-order chi connectivity index (χ0) is 31.1. The maximum atomic E-state index is 14.5. The molecule has 2 amide bonds. The monoisotopic (exact) mass is 597 g/mol. The number of carbonyl (C=O) groups excluding carboxylic acids is 2. The molecule has 1 aromatic heterocycles. The van der Waals surface area contributed by atoms with Gasteiger partial charge in [0.25, 0.3) is 5.91 Å². The number of pyridine rings is 1. The Morgan fingerprint density at radius 1 is 0.932 bits per heavy atom. The van der Waals surface area contributed by atoms with Crippen molar-refractivity contribution in [2.24, 2.45) is 0 Å². The third-order valence-corrected chi connectivity index (χ3v) is 7.68. The first kappa shape index (κ1) is 31.3. The summed E-state index contributed by atoms with van der Waals surface area (Å²) in [7, 11) is 1.67. The van der Waals surface area contributed by atoms with Crippen LogP contribution < -0.4 is 4.74 Å². The SMILES string of the molecule is COCCCOc1cccc(CN(C(=O)C2=C(c3cccc(-c4ccccc4)c3)CCN(C(=O)OC(C)(C)C)C2)C2CC2)n1.